The van der Waals surface area contributed by atoms with Crippen molar-refractivity contribution >= 4 is 50.7 Å². The monoisotopic (exact) mass is 458 g/mol. The molecule has 1 amide bonds. The number of aromatic nitrogens is 4. The number of carbonyl (C=O) groups is 1. The Morgan fingerprint density at radius 1 is 1.09 bits per heavy atom. The molecule has 5 rings (SSSR count). The van der Waals surface area contributed by atoms with E-state index in [1.807, 2.05) is 19.3 Å². The Balaban J connectivity index is 1.70. The van der Waals surface area contributed by atoms with Crippen molar-refractivity contribution in [2.24, 2.45) is 7.05 Å². The van der Waals surface area contributed by atoms with Crippen molar-refractivity contribution in [2.75, 3.05) is 17.7 Å². The molecule has 0 aliphatic heterocycles. The Bertz CT molecular complexity index is 1590. The van der Waals surface area contributed by atoms with Crippen LogP contribution in [0.1, 0.15) is 10.4 Å². The van der Waals surface area contributed by atoms with Crippen LogP contribution in [0.3, 0.4) is 0 Å². The number of fused-ring (bicyclic) bond motifs is 2. The van der Waals surface area contributed by atoms with E-state index in [1.54, 1.807) is 66.6 Å². The van der Waals surface area contributed by atoms with Crippen LogP contribution in [0.15, 0.2) is 71.9 Å². The van der Waals surface area contributed by atoms with Crippen LogP contribution in [0.5, 0.6) is 0 Å². The maximum absolute atomic E-state index is 13.7. The molecule has 0 spiro atoms. The molecule has 33 heavy (non-hydrogen) atoms. The van der Waals surface area contributed by atoms with Crippen molar-refractivity contribution in [3.05, 3.63) is 88.1 Å². The molecule has 0 bridgehead atoms. The smallest absolute Gasteiger partial charge is 0.281 e. The molecule has 0 atom stereocenters. The van der Waals surface area contributed by atoms with E-state index in [4.69, 9.17) is 11.6 Å². The Morgan fingerprint density at radius 3 is 2.70 bits per heavy atom. The van der Waals surface area contributed by atoms with E-state index >= 15 is 0 Å². The molecule has 8 nitrogen and oxygen atoms in total. The molecule has 2 aromatic carbocycles. The lowest BCUT2D eigenvalue weighted by Gasteiger charge is -2.18. The van der Waals surface area contributed by atoms with E-state index in [9.17, 15) is 9.59 Å². The van der Waals surface area contributed by atoms with Gasteiger partial charge in [-0.3, -0.25) is 23.8 Å². The molecule has 0 unspecified atom stereocenters. The quantitative estimate of drug-likeness (QED) is 0.420. The summed E-state index contributed by atoms with van der Waals surface area (Å²) in [6, 6.07) is 14.0. The number of pyridine rings is 2. The van der Waals surface area contributed by atoms with Gasteiger partial charge >= 0.3 is 0 Å². The second-order valence-electron chi connectivity index (χ2n) is 7.54. The summed E-state index contributed by atoms with van der Waals surface area (Å²) < 4.78 is 3.18. The van der Waals surface area contributed by atoms with E-state index in [0.717, 1.165) is 16.3 Å². The highest BCUT2D eigenvalue weighted by Gasteiger charge is 2.20. The summed E-state index contributed by atoms with van der Waals surface area (Å²) in [6.45, 7) is 0. The van der Waals surface area contributed by atoms with Crippen molar-refractivity contribution < 1.29 is 4.79 Å². The van der Waals surface area contributed by atoms with Gasteiger partial charge in [-0.1, -0.05) is 11.6 Å². The van der Waals surface area contributed by atoms with Gasteiger partial charge in [0.2, 0.25) is 0 Å². The van der Waals surface area contributed by atoms with Crippen molar-refractivity contribution in [1.29, 1.82) is 0 Å². The molecule has 0 aliphatic carbocycles. The summed E-state index contributed by atoms with van der Waals surface area (Å²) in [6.07, 6.45) is 5.05. The first kappa shape index (κ1) is 20.7. The molecule has 0 aliphatic rings. The number of amides is 1. The average Bonchev–Trinajstić information content (AvgIpc) is 3.19. The number of nitrogens with zero attached hydrogens (tertiary/aromatic N) is 4. The summed E-state index contributed by atoms with van der Waals surface area (Å²) in [7, 11) is 3.52. The van der Waals surface area contributed by atoms with E-state index in [1.165, 1.54) is 4.57 Å². The number of nitrogens with one attached hydrogen (secondary N) is 2. The van der Waals surface area contributed by atoms with Gasteiger partial charge < -0.3 is 10.6 Å². The van der Waals surface area contributed by atoms with Gasteiger partial charge in [0.1, 0.15) is 5.69 Å². The van der Waals surface area contributed by atoms with Crippen LogP contribution < -0.4 is 16.2 Å². The fraction of sp³-hybridized carbons (Fsp3) is 0.0833. The summed E-state index contributed by atoms with van der Waals surface area (Å²) in [5.41, 5.74) is 2.59. The Morgan fingerprint density at radius 2 is 1.94 bits per heavy atom. The van der Waals surface area contributed by atoms with Crippen LogP contribution in [0, 0.1) is 0 Å². The molecule has 0 saturated carbocycles. The molecule has 2 N–H and O–H groups in total. The third-order valence-electron chi connectivity index (χ3n) is 5.41. The predicted molar refractivity (Wildman–Crippen MR) is 131 cm³/mol. The maximum Gasteiger partial charge on any atom is 0.281 e. The lowest BCUT2D eigenvalue weighted by molar-refractivity contribution is 0.102. The zero-order valence-corrected chi connectivity index (χ0v) is 18.6. The molecule has 164 valence electrons. The molecular weight excluding hydrogens is 440 g/mol. The SMILES string of the molecule is CNc1c(NC(=O)c2ccc3nn(C)cc3c2)c(=O)n(-c2cccnc2)c2cc(Cl)ccc12. The molecule has 5 aromatic rings. The molecule has 3 aromatic heterocycles. The van der Waals surface area contributed by atoms with Crippen molar-refractivity contribution in [3.63, 3.8) is 0 Å². The van der Waals surface area contributed by atoms with Crippen molar-refractivity contribution in [3.8, 4) is 5.69 Å². The molecule has 9 heteroatoms. The first-order valence-electron chi connectivity index (χ1n) is 10.2. The van der Waals surface area contributed by atoms with Crippen LogP contribution in [0.4, 0.5) is 11.4 Å². The highest BCUT2D eigenvalue weighted by molar-refractivity contribution is 6.31. The van der Waals surface area contributed by atoms with Crippen molar-refractivity contribution in [1.82, 2.24) is 19.3 Å². The summed E-state index contributed by atoms with van der Waals surface area (Å²) in [5.74, 6) is -0.402. The van der Waals surface area contributed by atoms with Gasteiger partial charge in [0.05, 0.1) is 28.6 Å². The van der Waals surface area contributed by atoms with E-state index in [2.05, 4.69) is 20.7 Å². The van der Waals surface area contributed by atoms with Crippen LogP contribution in [-0.4, -0.2) is 32.3 Å². The number of benzene rings is 2. The number of halogens is 1. The lowest BCUT2D eigenvalue weighted by Crippen LogP contribution is -2.27. The van der Waals surface area contributed by atoms with Crippen LogP contribution in [0.25, 0.3) is 27.5 Å². The average molecular weight is 459 g/mol. The van der Waals surface area contributed by atoms with Crippen LogP contribution >= 0.6 is 11.6 Å². The van der Waals surface area contributed by atoms with Gasteiger partial charge in [0.15, 0.2) is 0 Å². The first-order valence-corrected chi connectivity index (χ1v) is 10.6. The number of hydrogen-bond donors (Lipinski definition) is 2. The minimum atomic E-state index is -0.405. The maximum atomic E-state index is 13.7. The number of aryl methyl sites for hydroxylation is 1. The van der Waals surface area contributed by atoms with Gasteiger partial charge in [-0.2, -0.15) is 5.10 Å². The summed E-state index contributed by atoms with van der Waals surface area (Å²) in [5, 5.41) is 12.3. The lowest BCUT2D eigenvalue weighted by atomic mass is 10.1. The van der Waals surface area contributed by atoms with Gasteiger partial charge in [0, 0.05) is 47.8 Å². The van der Waals surface area contributed by atoms with E-state index in [0.29, 0.717) is 27.5 Å². The summed E-state index contributed by atoms with van der Waals surface area (Å²) >= 11 is 6.25. The number of hydrogen-bond acceptors (Lipinski definition) is 5. The molecular formula is C24H19ClN6O2. The van der Waals surface area contributed by atoms with E-state index < -0.39 is 11.5 Å². The zero-order valence-electron chi connectivity index (χ0n) is 17.8. The minimum absolute atomic E-state index is 0.132. The number of carbonyl (C=O) groups excluding carboxylic acids is 1. The van der Waals surface area contributed by atoms with Crippen LogP contribution in [-0.2, 0) is 7.05 Å². The fourth-order valence-corrected chi connectivity index (χ4v) is 4.12. The Kier molecular flexibility index (Phi) is 5.07. The fourth-order valence-electron chi connectivity index (χ4n) is 3.96. The number of rotatable bonds is 4. The standard InChI is InChI=1S/C24H19ClN6O2/c1-26-21-18-7-6-16(25)11-20(18)31(17-4-3-9-27-12-17)24(33)22(21)28-23(32)14-5-8-19-15(10-14)13-30(2)29-19/h3-13,26H,1-2H3,(H,28,32). The van der Waals surface area contributed by atoms with E-state index in [-0.39, 0.29) is 5.69 Å². The van der Waals surface area contributed by atoms with Gasteiger partial charge in [0.25, 0.3) is 11.5 Å². The third kappa shape index (κ3) is 3.60. The Hall–Kier alpha value is -4.17. The second kappa shape index (κ2) is 8.07. The molecule has 0 saturated heterocycles. The highest BCUT2D eigenvalue weighted by atomic mass is 35.5. The normalized spacial score (nSPS) is 11.1. The predicted octanol–water partition coefficient (Wildman–Crippen LogP) is 4.22. The van der Waals surface area contributed by atoms with Gasteiger partial charge in [-0.15, -0.1) is 0 Å². The second-order valence-corrected chi connectivity index (χ2v) is 7.98. The minimum Gasteiger partial charge on any atom is -0.386 e. The summed E-state index contributed by atoms with van der Waals surface area (Å²) in [4.78, 5) is 31.0. The topological polar surface area (TPSA) is 93.8 Å². The zero-order chi connectivity index (χ0) is 23.1. The number of anilines is 2. The highest BCUT2D eigenvalue weighted by Crippen LogP contribution is 2.32. The van der Waals surface area contributed by atoms with Gasteiger partial charge in [-0.05, 0) is 48.5 Å². The van der Waals surface area contributed by atoms with Gasteiger partial charge in [-0.25, -0.2) is 0 Å². The molecule has 0 fully saturated rings. The first-order chi connectivity index (χ1) is 16.0. The molecule has 3 heterocycles. The molecule has 0 radical (unpaired) electrons. The third-order valence-corrected chi connectivity index (χ3v) is 5.65. The largest absolute Gasteiger partial charge is 0.386 e. The Labute approximate surface area is 193 Å². The van der Waals surface area contributed by atoms with Crippen LogP contribution in [0.2, 0.25) is 5.02 Å². The van der Waals surface area contributed by atoms with Crippen molar-refractivity contribution in [2.45, 2.75) is 0 Å².